The van der Waals surface area contributed by atoms with E-state index in [1.165, 1.54) is 24.8 Å². The van der Waals surface area contributed by atoms with Gasteiger partial charge in [0, 0.05) is 30.9 Å². The van der Waals surface area contributed by atoms with E-state index in [-0.39, 0.29) is 0 Å². The van der Waals surface area contributed by atoms with E-state index < -0.39 is 0 Å². The highest BCUT2D eigenvalue weighted by Gasteiger charge is 2.16. The Balaban J connectivity index is 1.68. The Morgan fingerprint density at radius 3 is 2.58 bits per heavy atom. The molecule has 4 nitrogen and oxygen atoms in total. The number of rotatable bonds is 5. The van der Waals surface area contributed by atoms with Gasteiger partial charge in [0.05, 0.1) is 0 Å². The van der Waals surface area contributed by atoms with E-state index in [0.717, 1.165) is 35.6 Å². The number of nitrogens with two attached hydrogens (primary N) is 1. The molecule has 0 amide bonds. The number of nitrogens with one attached hydrogen (secondary N) is 1. The van der Waals surface area contributed by atoms with Crippen molar-refractivity contribution in [2.45, 2.75) is 32.4 Å². The minimum absolute atomic E-state index is 0.521. The first-order valence-corrected chi connectivity index (χ1v) is 6.99. The topological polar surface area (TPSA) is 63.8 Å². The molecule has 0 aromatic carbocycles. The molecule has 2 heterocycles. The van der Waals surface area contributed by atoms with Crippen LogP contribution < -0.4 is 11.1 Å². The molecule has 3 rings (SSSR count). The smallest absolute Gasteiger partial charge is 0.159 e. The molecule has 0 aliphatic heterocycles. The molecule has 19 heavy (non-hydrogen) atoms. The van der Waals surface area contributed by atoms with E-state index in [1.54, 1.807) is 6.20 Å². The van der Waals surface area contributed by atoms with Crippen LogP contribution in [0, 0.1) is 5.92 Å². The molecule has 0 bridgehead atoms. The highest BCUT2D eigenvalue weighted by molar-refractivity contribution is 5.75. The van der Waals surface area contributed by atoms with Gasteiger partial charge in [-0.1, -0.05) is 6.42 Å². The van der Waals surface area contributed by atoms with Gasteiger partial charge in [-0.2, -0.15) is 0 Å². The van der Waals surface area contributed by atoms with Crippen LogP contribution in [0.15, 0.2) is 24.5 Å². The molecule has 0 saturated heterocycles. The fourth-order valence-electron chi connectivity index (χ4n) is 2.44. The van der Waals surface area contributed by atoms with Crippen molar-refractivity contribution in [2.24, 2.45) is 11.7 Å². The zero-order valence-electron chi connectivity index (χ0n) is 11.1. The molecule has 0 unspecified atom stereocenters. The number of hydrogen-bond acceptors (Lipinski definition) is 4. The molecule has 1 aliphatic carbocycles. The Kier molecular flexibility index (Phi) is 3.71. The highest BCUT2D eigenvalue weighted by Crippen LogP contribution is 2.25. The molecule has 2 aromatic heterocycles. The van der Waals surface area contributed by atoms with Crippen molar-refractivity contribution in [3.05, 3.63) is 35.7 Å². The van der Waals surface area contributed by atoms with E-state index in [0.29, 0.717) is 6.54 Å². The van der Waals surface area contributed by atoms with E-state index in [9.17, 15) is 0 Å². The summed E-state index contributed by atoms with van der Waals surface area (Å²) in [7, 11) is 0. The van der Waals surface area contributed by atoms with Crippen LogP contribution in [-0.4, -0.2) is 16.5 Å². The van der Waals surface area contributed by atoms with Crippen LogP contribution >= 0.6 is 0 Å². The number of hydrogen-bond donors (Lipinski definition) is 2. The molecular weight excluding hydrogens is 236 g/mol. The molecule has 100 valence electrons. The van der Waals surface area contributed by atoms with Gasteiger partial charge in [0.15, 0.2) is 5.65 Å². The van der Waals surface area contributed by atoms with E-state index >= 15 is 0 Å². The lowest BCUT2D eigenvalue weighted by atomic mass is 9.85. The van der Waals surface area contributed by atoms with Crippen LogP contribution in [0.4, 0.5) is 0 Å². The van der Waals surface area contributed by atoms with E-state index in [1.807, 2.05) is 6.20 Å². The van der Waals surface area contributed by atoms with Crippen molar-refractivity contribution in [2.75, 3.05) is 6.54 Å². The summed E-state index contributed by atoms with van der Waals surface area (Å²) in [6.45, 7) is 2.53. The maximum Gasteiger partial charge on any atom is 0.159 e. The average molecular weight is 256 g/mol. The fourth-order valence-corrected chi connectivity index (χ4v) is 2.44. The second-order valence-corrected chi connectivity index (χ2v) is 5.37. The summed E-state index contributed by atoms with van der Waals surface area (Å²) in [5.74, 6) is 0.888. The average Bonchev–Trinajstić information content (AvgIpc) is 2.40. The van der Waals surface area contributed by atoms with Gasteiger partial charge in [0.25, 0.3) is 0 Å². The predicted octanol–water partition coefficient (Wildman–Crippen LogP) is 1.98. The predicted molar refractivity (Wildman–Crippen MR) is 76.5 cm³/mol. The molecule has 2 aromatic rings. The third-order valence-electron chi connectivity index (χ3n) is 3.87. The van der Waals surface area contributed by atoms with Crippen molar-refractivity contribution in [3.8, 4) is 0 Å². The van der Waals surface area contributed by atoms with Gasteiger partial charge >= 0.3 is 0 Å². The van der Waals surface area contributed by atoms with Gasteiger partial charge in [-0.05, 0) is 48.6 Å². The van der Waals surface area contributed by atoms with Crippen LogP contribution in [-0.2, 0) is 13.1 Å². The van der Waals surface area contributed by atoms with Crippen LogP contribution in [0.2, 0.25) is 0 Å². The molecular formula is C15H20N4. The minimum Gasteiger partial charge on any atom is -0.326 e. The Morgan fingerprint density at radius 1 is 1.16 bits per heavy atom. The maximum absolute atomic E-state index is 5.64. The molecule has 4 heteroatoms. The zero-order valence-corrected chi connectivity index (χ0v) is 11.1. The number of pyridine rings is 2. The second-order valence-electron chi connectivity index (χ2n) is 5.37. The summed E-state index contributed by atoms with van der Waals surface area (Å²) in [5, 5.41) is 4.59. The van der Waals surface area contributed by atoms with Gasteiger partial charge in [-0.25, -0.2) is 9.97 Å². The molecule has 3 N–H and O–H groups in total. The quantitative estimate of drug-likeness (QED) is 0.858. The van der Waals surface area contributed by atoms with Crippen molar-refractivity contribution >= 4 is 11.0 Å². The van der Waals surface area contributed by atoms with Crippen LogP contribution in [0.25, 0.3) is 11.0 Å². The van der Waals surface area contributed by atoms with E-state index in [4.69, 9.17) is 5.73 Å². The number of fused-ring (bicyclic) bond motifs is 1. The lowest BCUT2D eigenvalue weighted by Gasteiger charge is -2.25. The minimum atomic E-state index is 0.521. The molecule has 1 saturated carbocycles. The summed E-state index contributed by atoms with van der Waals surface area (Å²) in [5.41, 5.74) is 8.69. The Morgan fingerprint density at radius 2 is 1.89 bits per heavy atom. The maximum atomic E-state index is 5.64. The Labute approximate surface area is 113 Å². The summed E-state index contributed by atoms with van der Waals surface area (Å²) < 4.78 is 0. The molecule has 0 radical (unpaired) electrons. The molecule has 0 atom stereocenters. The van der Waals surface area contributed by atoms with Crippen LogP contribution in [0.3, 0.4) is 0 Å². The fraction of sp³-hybridized carbons (Fsp3) is 0.467. The normalized spacial score (nSPS) is 15.6. The van der Waals surface area contributed by atoms with Crippen molar-refractivity contribution in [1.29, 1.82) is 0 Å². The number of aromatic nitrogens is 2. The van der Waals surface area contributed by atoms with Gasteiger partial charge in [-0.3, -0.25) is 0 Å². The summed E-state index contributed by atoms with van der Waals surface area (Å²) >= 11 is 0. The van der Waals surface area contributed by atoms with Gasteiger partial charge in [-0.15, -0.1) is 0 Å². The van der Waals surface area contributed by atoms with Crippen LogP contribution in [0.1, 0.15) is 30.4 Å². The first-order valence-electron chi connectivity index (χ1n) is 6.99. The third kappa shape index (κ3) is 2.91. The monoisotopic (exact) mass is 256 g/mol. The lowest BCUT2D eigenvalue weighted by molar-refractivity contribution is 0.301. The highest BCUT2D eigenvalue weighted by atomic mass is 14.9. The van der Waals surface area contributed by atoms with Gasteiger partial charge in [0.1, 0.15) is 0 Å². The van der Waals surface area contributed by atoms with Gasteiger partial charge in [0.2, 0.25) is 0 Å². The second kappa shape index (κ2) is 5.63. The van der Waals surface area contributed by atoms with Crippen molar-refractivity contribution in [1.82, 2.24) is 15.3 Å². The Bertz CT molecular complexity index is 563. The SMILES string of the molecule is NCc1cnc2ncc(CNCC3CCC3)cc2c1. The van der Waals surface area contributed by atoms with Gasteiger partial charge < -0.3 is 11.1 Å². The standard InChI is InChI=1S/C15H20N4/c16-6-12-4-14-5-13(10-19-15(14)18-9-12)8-17-7-11-2-1-3-11/h4-5,9-11,17H,1-3,6-8,16H2. The molecule has 1 fully saturated rings. The molecule has 0 spiro atoms. The first-order chi connectivity index (χ1) is 9.35. The lowest BCUT2D eigenvalue weighted by Crippen LogP contribution is -2.26. The summed E-state index contributed by atoms with van der Waals surface area (Å²) in [4.78, 5) is 8.71. The van der Waals surface area contributed by atoms with E-state index in [2.05, 4.69) is 27.4 Å². The molecule has 1 aliphatic rings. The Hall–Kier alpha value is -1.52. The van der Waals surface area contributed by atoms with Crippen LogP contribution in [0.5, 0.6) is 0 Å². The zero-order chi connectivity index (χ0) is 13.1. The summed E-state index contributed by atoms with van der Waals surface area (Å²) in [6.07, 6.45) is 7.87. The first kappa shape index (κ1) is 12.5. The largest absolute Gasteiger partial charge is 0.326 e. The summed E-state index contributed by atoms with van der Waals surface area (Å²) in [6, 6.07) is 4.23. The van der Waals surface area contributed by atoms with Crippen molar-refractivity contribution < 1.29 is 0 Å². The number of nitrogens with zero attached hydrogens (tertiary/aromatic N) is 2. The van der Waals surface area contributed by atoms with Crippen molar-refractivity contribution in [3.63, 3.8) is 0 Å². The third-order valence-corrected chi connectivity index (χ3v) is 3.87.